The molecule has 1 atom stereocenters. The van der Waals surface area contributed by atoms with Gasteiger partial charge in [-0.25, -0.2) is 17.5 Å². The first-order valence-electron chi connectivity index (χ1n) is 6.47. The first-order chi connectivity index (χ1) is 9.43. The molecule has 21 heavy (non-hydrogen) atoms. The topological polar surface area (TPSA) is 76.8 Å². The Hall–Kier alpha value is -1.38. The average molecular weight is 319 g/mol. The third kappa shape index (κ3) is 4.83. The average Bonchev–Trinajstić information content (AvgIpc) is 2.75. The number of likely N-dealkylation sites (N-methyl/N-ethyl adjacent to an activating group) is 1. The monoisotopic (exact) mass is 319 g/mol. The van der Waals surface area contributed by atoms with Crippen LogP contribution in [0.15, 0.2) is 21.6 Å². The quantitative estimate of drug-likeness (QED) is 0.572. The van der Waals surface area contributed by atoms with E-state index in [1.165, 1.54) is 26.2 Å². The van der Waals surface area contributed by atoms with Crippen molar-refractivity contribution in [1.29, 1.82) is 0 Å². The second-order valence-electron chi connectivity index (χ2n) is 6.09. The number of carbonyl (C=O) groups excluding carboxylic acids is 1. The van der Waals surface area contributed by atoms with E-state index in [0.717, 1.165) is 4.31 Å². The lowest BCUT2D eigenvalue weighted by atomic mass is 10.3. The van der Waals surface area contributed by atoms with Gasteiger partial charge >= 0.3 is 5.97 Å². The number of sulfonamides is 1. The molecule has 1 aromatic heterocycles. The van der Waals surface area contributed by atoms with Crippen molar-refractivity contribution >= 4 is 16.0 Å². The van der Waals surface area contributed by atoms with Crippen LogP contribution in [-0.2, 0) is 14.8 Å². The summed E-state index contributed by atoms with van der Waals surface area (Å²) in [6.07, 6.45) is -0.309. The van der Waals surface area contributed by atoms with E-state index in [1.54, 1.807) is 6.92 Å². The highest BCUT2D eigenvalue weighted by Crippen LogP contribution is 2.18. The molecule has 0 saturated carbocycles. The summed E-state index contributed by atoms with van der Waals surface area (Å²) in [5.74, 6) is -0.792. The van der Waals surface area contributed by atoms with Gasteiger partial charge in [-0.2, -0.15) is 0 Å². The van der Waals surface area contributed by atoms with Gasteiger partial charge in [0.1, 0.15) is 12.6 Å². The summed E-state index contributed by atoms with van der Waals surface area (Å²) in [5.41, 5.74) is 0. The van der Waals surface area contributed by atoms with Crippen molar-refractivity contribution in [3.8, 4) is 0 Å². The minimum absolute atomic E-state index is 0.122. The van der Waals surface area contributed by atoms with Crippen LogP contribution in [0.3, 0.4) is 0 Å². The minimum atomic E-state index is -3.69. The lowest BCUT2D eigenvalue weighted by molar-refractivity contribution is -0.873. The van der Waals surface area contributed by atoms with Crippen LogP contribution in [0.2, 0.25) is 0 Å². The Morgan fingerprint density at radius 3 is 2.38 bits per heavy atom. The molecule has 0 aromatic carbocycles. The molecule has 0 spiro atoms. The van der Waals surface area contributed by atoms with Crippen LogP contribution in [0.1, 0.15) is 17.5 Å². The first-order valence-corrected chi connectivity index (χ1v) is 7.91. The first kappa shape index (κ1) is 17.7. The number of nitrogens with zero attached hydrogens (tertiary/aromatic N) is 2. The van der Waals surface area contributed by atoms with E-state index in [4.69, 9.17) is 9.15 Å². The number of hydrogen-bond donors (Lipinski definition) is 0. The molecule has 0 aliphatic heterocycles. The van der Waals surface area contributed by atoms with Crippen molar-refractivity contribution in [2.75, 3.05) is 41.8 Å². The fourth-order valence-corrected chi connectivity index (χ4v) is 2.59. The molecule has 0 bridgehead atoms. The van der Waals surface area contributed by atoms with Crippen LogP contribution in [0.25, 0.3) is 0 Å². The molecule has 1 heterocycles. The summed E-state index contributed by atoms with van der Waals surface area (Å²) in [4.78, 5) is 11.9. The Kier molecular flexibility index (Phi) is 5.19. The van der Waals surface area contributed by atoms with Crippen molar-refractivity contribution in [3.05, 3.63) is 17.9 Å². The van der Waals surface area contributed by atoms with Crippen LogP contribution < -0.4 is 0 Å². The zero-order valence-electron chi connectivity index (χ0n) is 13.3. The fourth-order valence-electron chi connectivity index (χ4n) is 1.80. The summed E-state index contributed by atoms with van der Waals surface area (Å²) in [6, 6.07) is 2.55. The fraction of sp³-hybridized carbons (Fsp3) is 0.615. The predicted octanol–water partition coefficient (Wildman–Crippen LogP) is 0.781. The van der Waals surface area contributed by atoms with Crippen molar-refractivity contribution in [2.24, 2.45) is 0 Å². The van der Waals surface area contributed by atoms with Crippen molar-refractivity contribution < 1.29 is 26.8 Å². The van der Waals surface area contributed by atoms with Crippen LogP contribution in [0, 0.1) is 0 Å². The van der Waals surface area contributed by atoms with Gasteiger partial charge in [0.15, 0.2) is 0 Å². The lowest BCUT2D eigenvalue weighted by Crippen LogP contribution is -2.41. The van der Waals surface area contributed by atoms with Gasteiger partial charge in [-0.15, -0.1) is 0 Å². The van der Waals surface area contributed by atoms with Gasteiger partial charge in [0.25, 0.3) is 10.0 Å². The van der Waals surface area contributed by atoms with Crippen molar-refractivity contribution in [2.45, 2.75) is 18.1 Å². The van der Waals surface area contributed by atoms with Gasteiger partial charge in [-0.05, 0) is 19.1 Å². The van der Waals surface area contributed by atoms with Gasteiger partial charge in [0.2, 0.25) is 10.9 Å². The van der Waals surface area contributed by atoms with Crippen LogP contribution in [0.4, 0.5) is 0 Å². The van der Waals surface area contributed by atoms with E-state index < -0.39 is 16.0 Å². The molecular formula is C13H23N2O5S+. The zero-order chi connectivity index (χ0) is 16.4. The zero-order valence-corrected chi connectivity index (χ0v) is 14.1. The molecule has 0 radical (unpaired) electrons. The molecule has 0 N–H and O–H groups in total. The smallest absolute Gasteiger partial charge is 0.374 e. The maximum absolute atomic E-state index is 11.9. The molecule has 0 aliphatic rings. The highest BCUT2D eigenvalue weighted by Gasteiger charge is 2.25. The van der Waals surface area contributed by atoms with Crippen molar-refractivity contribution in [3.63, 3.8) is 0 Å². The standard InChI is InChI=1S/C13H23N2O5S/c1-10(9-15(4,5)6)19-13(16)11-7-8-12(20-11)21(17,18)14(2)3/h7-8,10H,9H2,1-6H3/q+1/t10-/m1/s1. The van der Waals surface area contributed by atoms with Gasteiger partial charge in [-0.1, -0.05) is 0 Å². The number of hydrogen-bond acceptors (Lipinski definition) is 5. The van der Waals surface area contributed by atoms with E-state index in [-0.39, 0.29) is 17.0 Å². The number of rotatable bonds is 6. The summed E-state index contributed by atoms with van der Waals surface area (Å²) < 4.78 is 35.7. The molecule has 0 amide bonds. The molecule has 8 heteroatoms. The molecule has 1 rings (SSSR count). The lowest BCUT2D eigenvalue weighted by Gasteiger charge is -2.26. The maximum atomic E-state index is 11.9. The van der Waals surface area contributed by atoms with Gasteiger partial charge < -0.3 is 13.6 Å². The van der Waals surface area contributed by atoms with E-state index in [0.29, 0.717) is 11.0 Å². The van der Waals surface area contributed by atoms with Crippen LogP contribution in [0.5, 0.6) is 0 Å². The Morgan fingerprint density at radius 2 is 1.90 bits per heavy atom. The Labute approximate surface area is 125 Å². The summed E-state index contributed by atoms with van der Waals surface area (Å²) in [6.45, 7) is 2.41. The third-order valence-corrected chi connectivity index (χ3v) is 4.32. The normalized spacial score (nSPS) is 14.2. The summed E-state index contributed by atoms with van der Waals surface area (Å²) in [5, 5.41) is -0.279. The molecule has 120 valence electrons. The van der Waals surface area contributed by atoms with Crippen LogP contribution in [-0.4, -0.2) is 71.1 Å². The molecule has 7 nitrogen and oxygen atoms in total. The Morgan fingerprint density at radius 1 is 1.33 bits per heavy atom. The second-order valence-corrected chi connectivity index (χ2v) is 8.18. The molecule has 0 aliphatic carbocycles. The molecule has 1 aromatic rings. The summed E-state index contributed by atoms with van der Waals surface area (Å²) in [7, 11) is 5.04. The number of furan rings is 1. The van der Waals surface area contributed by atoms with Gasteiger partial charge in [-0.3, -0.25) is 0 Å². The second kappa shape index (κ2) is 6.17. The van der Waals surface area contributed by atoms with Gasteiger partial charge in [0, 0.05) is 14.1 Å². The number of ether oxygens (including phenoxy) is 1. The SMILES string of the molecule is C[C@H](C[N+](C)(C)C)OC(=O)c1ccc(S(=O)(=O)N(C)C)o1. The highest BCUT2D eigenvalue weighted by atomic mass is 32.2. The van der Waals surface area contributed by atoms with E-state index in [2.05, 4.69) is 0 Å². The molecule has 0 unspecified atom stereocenters. The largest absolute Gasteiger partial charge is 0.451 e. The number of quaternary nitrogens is 1. The predicted molar refractivity (Wildman–Crippen MR) is 77.4 cm³/mol. The molecule has 0 saturated heterocycles. The summed E-state index contributed by atoms with van der Waals surface area (Å²) >= 11 is 0. The van der Waals surface area contributed by atoms with Gasteiger partial charge in [0.05, 0.1) is 21.1 Å². The minimum Gasteiger partial charge on any atom is -0.451 e. The highest BCUT2D eigenvalue weighted by molar-refractivity contribution is 7.88. The van der Waals surface area contributed by atoms with E-state index in [1.807, 2.05) is 21.1 Å². The van der Waals surface area contributed by atoms with E-state index >= 15 is 0 Å². The maximum Gasteiger partial charge on any atom is 0.374 e. The number of esters is 1. The van der Waals surface area contributed by atoms with E-state index in [9.17, 15) is 13.2 Å². The van der Waals surface area contributed by atoms with Crippen molar-refractivity contribution in [1.82, 2.24) is 4.31 Å². The molecular weight excluding hydrogens is 296 g/mol. The third-order valence-electron chi connectivity index (χ3n) is 2.63. The number of carbonyl (C=O) groups is 1. The Balaban J connectivity index is 2.80. The molecule has 0 fully saturated rings. The van der Waals surface area contributed by atoms with Crippen LogP contribution >= 0.6 is 0 Å². The Bertz CT molecular complexity index is 598.